The van der Waals surface area contributed by atoms with Crippen LogP contribution in [-0.2, 0) is 0 Å². The second-order valence-corrected chi connectivity index (χ2v) is 5.29. The zero-order valence-electron chi connectivity index (χ0n) is 12.5. The van der Waals surface area contributed by atoms with E-state index in [0.717, 1.165) is 5.69 Å². The summed E-state index contributed by atoms with van der Waals surface area (Å²) >= 11 is 0. The summed E-state index contributed by atoms with van der Waals surface area (Å²) in [5, 5.41) is 10.7. The van der Waals surface area contributed by atoms with Crippen LogP contribution in [0.3, 0.4) is 0 Å². The molecule has 7 heteroatoms. The lowest BCUT2D eigenvalue weighted by Crippen LogP contribution is -2.48. The molecule has 0 unspecified atom stereocenters. The quantitative estimate of drug-likeness (QED) is 0.639. The third-order valence-electron chi connectivity index (χ3n) is 3.90. The lowest BCUT2D eigenvalue weighted by atomic mass is 10.2. The van der Waals surface area contributed by atoms with Gasteiger partial charge < -0.3 is 9.80 Å². The summed E-state index contributed by atoms with van der Waals surface area (Å²) in [6, 6.07) is 10.0. The summed E-state index contributed by atoms with van der Waals surface area (Å²) in [6.45, 7) is 2.63. The molecule has 1 fully saturated rings. The van der Waals surface area contributed by atoms with Crippen LogP contribution in [0.25, 0.3) is 0 Å². The number of pyridine rings is 1. The molecule has 1 aromatic heterocycles. The Morgan fingerprint density at radius 2 is 1.78 bits per heavy atom. The van der Waals surface area contributed by atoms with E-state index in [1.54, 1.807) is 41.6 Å². The number of nitrogens with zero attached hydrogens (tertiary/aromatic N) is 4. The molecule has 1 aliphatic rings. The number of piperazine rings is 1. The zero-order valence-corrected chi connectivity index (χ0v) is 12.5. The maximum absolute atomic E-state index is 12.4. The Morgan fingerprint density at radius 3 is 2.35 bits per heavy atom. The number of carbonyl (C=O) groups is 1. The number of nitro benzene ring substituents is 1. The van der Waals surface area contributed by atoms with E-state index < -0.39 is 4.92 Å². The van der Waals surface area contributed by atoms with Crippen LogP contribution in [-0.4, -0.2) is 46.9 Å². The van der Waals surface area contributed by atoms with Crippen LogP contribution in [0.2, 0.25) is 0 Å². The zero-order chi connectivity index (χ0) is 16.2. The van der Waals surface area contributed by atoms with Crippen molar-refractivity contribution >= 4 is 17.3 Å². The summed E-state index contributed by atoms with van der Waals surface area (Å²) in [7, 11) is 0. The maximum atomic E-state index is 12.4. The molecule has 3 rings (SSSR count). The van der Waals surface area contributed by atoms with E-state index in [4.69, 9.17) is 0 Å². The molecule has 7 nitrogen and oxygen atoms in total. The van der Waals surface area contributed by atoms with Gasteiger partial charge in [-0.15, -0.1) is 0 Å². The Bertz CT molecular complexity index is 695. The van der Waals surface area contributed by atoms with Gasteiger partial charge in [0.25, 0.3) is 11.6 Å². The Labute approximate surface area is 133 Å². The molecule has 0 N–H and O–H groups in total. The number of hydrogen-bond donors (Lipinski definition) is 0. The van der Waals surface area contributed by atoms with Gasteiger partial charge >= 0.3 is 0 Å². The molecule has 2 heterocycles. The van der Waals surface area contributed by atoms with Crippen LogP contribution in [0.1, 0.15) is 10.4 Å². The molecule has 118 valence electrons. The van der Waals surface area contributed by atoms with Gasteiger partial charge in [-0.25, -0.2) is 0 Å². The fourth-order valence-electron chi connectivity index (χ4n) is 2.62. The molecule has 0 radical (unpaired) electrons. The molecule has 0 bridgehead atoms. The number of amides is 1. The number of rotatable bonds is 3. The number of anilines is 1. The van der Waals surface area contributed by atoms with Gasteiger partial charge in [-0.2, -0.15) is 0 Å². The molecule has 0 saturated carbocycles. The summed E-state index contributed by atoms with van der Waals surface area (Å²) in [6.07, 6.45) is 3.22. The van der Waals surface area contributed by atoms with E-state index in [-0.39, 0.29) is 11.6 Å². The molecule has 0 aliphatic carbocycles. The van der Waals surface area contributed by atoms with Gasteiger partial charge in [0.2, 0.25) is 0 Å². The van der Waals surface area contributed by atoms with Crippen LogP contribution in [0, 0.1) is 10.1 Å². The number of carbonyl (C=O) groups excluding carboxylic acids is 1. The van der Waals surface area contributed by atoms with E-state index in [1.165, 1.54) is 12.1 Å². The van der Waals surface area contributed by atoms with Crippen molar-refractivity contribution in [3.8, 4) is 0 Å². The van der Waals surface area contributed by atoms with Gasteiger partial charge in [-0.3, -0.25) is 19.9 Å². The fraction of sp³-hybridized carbons (Fsp3) is 0.250. The van der Waals surface area contributed by atoms with Crippen molar-refractivity contribution in [2.45, 2.75) is 0 Å². The van der Waals surface area contributed by atoms with Crippen LogP contribution in [0.4, 0.5) is 11.4 Å². The Morgan fingerprint density at radius 1 is 1.09 bits per heavy atom. The first-order valence-corrected chi connectivity index (χ1v) is 7.34. The average molecular weight is 312 g/mol. The molecular weight excluding hydrogens is 296 g/mol. The fourth-order valence-corrected chi connectivity index (χ4v) is 2.62. The van der Waals surface area contributed by atoms with Gasteiger partial charge in [0.05, 0.1) is 10.5 Å². The molecule has 1 saturated heterocycles. The molecule has 23 heavy (non-hydrogen) atoms. The van der Waals surface area contributed by atoms with Crippen molar-refractivity contribution < 1.29 is 9.72 Å². The van der Waals surface area contributed by atoms with E-state index in [0.29, 0.717) is 31.7 Å². The first-order valence-electron chi connectivity index (χ1n) is 7.34. The molecule has 0 atom stereocenters. The highest BCUT2D eigenvalue weighted by Crippen LogP contribution is 2.21. The van der Waals surface area contributed by atoms with E-state index in [9.17, 15) is 14.9 Å². The predicted molar refractivity (Wildman–Crippen MR) is 85.4 cm³/mol. The Balaban J connectivity index is 1.62. The first-order chi connectivity index (χ1) is 11.1. The molecule has 0 spiro atoms. The number of non-ortho nitro benzene ring substituents is 1. The van der Waals surface area contributed by atoms with Crippen LogP contribution in [0.15, 0.2) is 48.8 Å². The topological polar surface area (TPSA) is 79.6 Å². The lowest BCUT2D eigenvalue weighted by Gasteiger charge is -2.36. The van der Waals surface area contributed by atoms with Crippen molar-refractivity contribution in [1.82, 2.24) is 9.88 Å². The smallest absolute Gasteiger partial charge is 0.269 e. The van der Waals surface area contributed by atoms with Crippen molar-refractivity contribution in [3.05, 3.63) is 64.5 Å². The molecule has 1 aromatic carbocycles. The second kappa shape index (κ2) is 6.43. The monoisotopic (exact) mass is 312 g/mol. The van der Waals surface area contributed by atoms with Crippen molar-refractivity contribution in [3.63, 3.8) is 0 Å². The highest BCUT2D eigenvalue weighted by atomic mass is 16.6. The highest BCUT2D eigenvalue weighted by Gasteiger charge is 2.22. The van der Waals surface area contributed by atoms with Crippen LogP contribution >= 0.6 is 0 Å². The van der Waals surface area contributed by atoms with Gasteiger partial charge in [0, 0.05) is 56.4 Å². The lowest BCUT2D eigenvalue weighted by molar-refractivity contribution is -0.384. The predicted octanol–water partition coefficient (Wildman–Crippen LogP) is 1.95. The molecule has 2 aromatic rings. The third kappa shape index (κ3) is 3.28. The second-order valence-electron chi connectivity index (χ2n) is 5.29. The number of benzene rings is 1. The first kappa shape index (κ1) is 15.0. The normalized spacial score (nSPS) is 14.6. The minimum Gasteiger partial charge on any atom is -0.368 e. The standard InChI is InChI=1S/C16H16N4O3/c21-16(13-2-1-7-17-12-13)19-10-8-18(9-11-19)14-3-5-15(6-4-14)20(22)23/h1-7,12H,8-11H2. The minimum atomic E-state index is -0.408. The summed E-state index contributed by atoms with van der Waals surface area (Å²) in [4.78, 5) is 30.5. The van der Waals surface area contributed by atoms with Gasteiger partial charge in [-0.05, 0) is 24.3 Å². The van der Waals surface area contributed by atoms with Crippen LogP contribution < -0.4 is 4.90 Å². The SMILES string of the molecule is O=C(c1cccnc1)N1CCN(c2ccc([N+](=O)[O-])cc2)CC1. The molecule has 1 aliphatic heterocycles. The molecular formula is C16H16N4O3. The number of hydrogen-bond acceptors (Lipinski definition) is 5. The van der Waals surface area contributed by atoms with Crippen molar-refractivity contribution in [1.29, 1.82) is 0 Å². The minimum absolute atomic E-state index is 0.0125. The third-order valence-corrected chi connectivity index (χ3v) is 3.90. The van der Waals surface area contributed by atoms with E-state index in [2.05, 4.69) is 9.88 Å². The number of aromatic nitrogens is 1. The highest BCUT2D eigenvalue weighted by molar-refractivity contribution is 5.94. The Hall–Kier alpha value is -2.96. The van der Waals surface area contributed by atoms with Crippen molar-refractivity contribution in [2.24, 2.45) is 0 Å². The summed E-state index contributed by atoms with van der Waals surface area (Å²) in [5.74, 6) is -0.0125. The van der Waals surface area contributed by atoms with Crippen molar-refractivity contribution in [2.75, 3.05) is 31.1 Å². The summed E-state index contributed by atoms with van der Waals surface area (Å²) in [5.41, 5.74) is 1.61. The van der Waals surface area contributed by atoms with Crippen LogP contribution in [0.5, 0.6) is 0 Å². The van der Waals surface area contributed by atoms with Gasteiger partial charge in [0.1, 0.15) is 0 Å². The van der Waals surface area contributed by atoms with Gasteiger partial charge in [-0.1, -0.05) is 0 Å². The largest absolute Gasteiger partial charge is 0.368 e. The average Bonchev–Trinajstić information content (AvgIpc) is 2.62. The van der Waals surface area contributed by atoms with E-state index >= 15 is 0 Å². The van der Waals surface area contributed by atoms with E-state index in [1.807, 2.05) is 0 Å². The molecule has 1 amide bonds. The maximum Gasteiger partial charge on any atom is 0.269 e. The number of nitro groups is 1. The Kier molecular flexibility index (Phi) is 4.18. The van der Waals surface area contributed by atoms with Gasteiger partial charge in [0.15, 0.2) is 0 Å². The summed E-state index contributed by atoms with van der Waals surface area (Å²) < 4.78 is 0.